The van der Waals surface area contributed by atoms with Crippen LogP contribution in [0.5, 0.6) is 0 Å². The first-order chi connectivity index (χ1) is 23.5. The molecule has 2 aliphatic carbocycles. The van der Waals surface area contributed by atoms with E-state index in [4.69, 9.17) is 4.74 Å². The van der Waals surface area contributed by atoms with Crippen LogP contribution in [0, 0.1) is 5.92 Å². The zero-order valence-electron chi connectivity index (χ0n) is 32.9. The van der Waals surface area contributed by atoms with Gasteiger partial charge in [0.05, 0.1) is 19.0 Å². The largest absolute Gasteiger partial charge is 0.499 e. The Bertz CT molecular complexity index is 1100. The number of nitrogens with zero attached hydrogens (tertiary/aromatic N) is 1. The highest BCUT2D eigenvalue weighted by Gasteiger charge is 2.41. The Kier molecular flexibility index (Phi) is 33.3. The highest BCUT2D eigenvalue weighted by Crippen LogP contribution is 2.31. The molecule has 3 aliphatic rings. The lowest BCUT2D eigenvalue weighted by Gasteiger charge is -2.09. The van der Waals surface area contributed by atoms with E-state index in [-0.39, 0.29) is 11.6 Å². The SMILES string of the molecule is CC.CC.CCCC.CCCC1=C(C=C=C2/C=C\CCCCC2)C(=O)C(C2=N/C=C(\OC)CC/C=C/C=C\2)C1=O.CCCCCCCC. The van der Waals surface area contributed by atoms with E-state index in [1.54, 1.807) is 25.5 Å². The number of carbonyl (C=O) groups is 2. The molecule has 1 atom stereocenters. The third-order valence-electron chi connectivity index (χ3n) is 7.89. The minimum Gasteiger partial charge on any atom is -0.499 e. The molecule has 0 bridgehead atoms. The first-order valence-corrected chi connectivity index (χ1v) is 19.6. The van der Waals surface area contributed by atoms with Crippen LogP contribution in [0.4, 0.5) is 0 Å². The van der Waals surface area contributed by atoms with Gasteiger partial charge in [-0.15, -0.1) is 5.73 Å². The lowest BCUT2D eigenvalue weighted by Crippen LogP contribution is -2.26. The van der Waals surface area contributed by atoms with Gasteiger partial charge in [-0.2, -0.15) is 0 Å². The van der Waals surface area contributed by atoms with Crippen molar-refractivity contribution in [1.82, 2.24) is 0 Å². The highest BCUT2D eigenvalue weighted by atomic mass is 16.5. The number of carbonyl (C=O) groups excluding carboxylic acids is 2. The lowest BCUT2D eigenvalue weighted by atomic mass is 9.94. The summed E-state index contributed by atoms with van der Waals surface area (Å²) < 4.78 is 5.38. The fourth-order valence-electron chi connectivity index (χ4n) is 5.00. The fourth-order valence-corrected chi connectivity index (χ4v) is 5.00. The summed E-state index contributed by atoms with van der Waals surface area (Å²) in [6.07, 6.45) is 34.9. The zero-order valence-corrected chi connectivity index (χ0v) is 32.9. The second kappa shape index (κ2) is 33.9. The molecule has 1 unspecified atom stereocenters. The van der Waals surface area contributed by atoms with Crippen molar-refractivity contribution in [1.29, 1.82) is 0 Å². The number of hydrogen-bond acceptors (Lipinski definition) is 4. The molecule has 0 amide bonds. The number of methoxy groups -OCH3 is 1. The minimum absolute atomic E-state index is 0.139. The van der Waals surface area contributed by atoms with Gasteiger partial charge in [0.2, 0.25) is 0 Å². The maximum Gasteiger partial charge on any atom is 0.180 e. The lowest BCUT2D eigenvalue weighted by molar-refractivity contribution is -0.123. The summed E-state index contributed by atoms with van der Waals surface area (Å²) in [7, 11) is 1.61. The van der Waals surface area contributed by atoms with Gasteiger partial charge in [-0.1, -0.05) is 157 Å². The van der Waals surface area contributed by atoms with Crippen molar-refractivity contribution >= 4 is 17.3 Å². The van der Waals surface area contributed by atoms with Crippen molar-refractivity contribution in [3.8, 4) is 0 Å². The van der Waals surface area contributed by atoms with Crippen LogP contribution in [0.1, 0.15) is 171 Å². The maximum absolute atomic E-state index is 13.4. The summed E-state index contributed by atoms with van der Waals surface area (Å²) in [6, 6.07) is 0. The van der Waals surface area contributed by atoms with E-state index in [0.29, 0.717) is 23.3 Å². The van der Waals surface area contributed by atoms with Crippen molar-refractivity contribution in [2.45, 2.75) is 171 Å². The Labute approximate surface area is 297 Å². The van der Waals surface area contributed by atoms with Gasteiger partial charge < -0.3 is 4.74 Å². The first kappa shape index (κ1) is 47.1. The molecule has 0 aromatic heterocycles. The highest BCUT2D eigenvalue weighted by molar-refractivity contribution is 6.37. The minimum atomic E-state index is -0.902. The molecule has 0 aromatic rings. The Morgan fingerprint density at radius 1 is 0.750 bits per heavy atom. The molecule has 0 spiro atoms. The topological polar surface area (TPSA) is 55.7 Å². The second-order valence-corrected chi connectivity index (χ2v) is 11.7. The molecule has 0 saturated carbocycles. The molecule has 272 valence electrons. The summed E-state index contributed by atoms with van der Waals surface area (Å²) in [5, 5.41) is 0. The average Bonchev–Trinajstić information content (AvgIpc) is 3.34. The van der Waals surface area contributed by atoms with E-state index in [0.717, 1.165) is 49.9 Å². The molecule has 4 nitrogen and oxygen atoms in total. The van der Waals surface area contributed by atoms with Crippen LogP contribution in [0.15, 0.2) is 81.9 Å². The second-order valence-electron chi connectivity index (χ2n) is 11.7. The average molecular weight is 664 g/mol. The van der Waals surface area contributed by atoms with Crippen molar-refractivity contribution in [2.75, 3.05) is 7.11 Å². The van der Waals surface area contributed by atoms with Crippen LogP contribution in [0.3, 0.4) is 0 Å². The van der Waals surface area contributed by atoms with E-state index in [2.05, 4.69) is 50.6 Å². The number of aliphatic imine (C=N–C) groups is 1. The monoisotopic (exact) mass is 664 g/mol. The van der Waals surface area contributed by atoms with Crippen LogP contribution in [-0.4, -0.2) is 24.4 Å². The van der Waals surface area contributed by atoms with E-state index in [1.807, 2.05) is 52.8 Å². The summed E-state index contributed by atoms with van der Waals surface area (Å²) in [5.41, 5.74) is 5.96. The molecule has 1 heterocycles. The Balaban J connectivity index is 0. The van der Waals surface area contributed by atoms with Gasteiger partial charge in [-0.05, 0) is 56.3 Å². The molecule has 0 aromatic carbocycles. The molecule has 0 radical (unpaired) electrons. The number of unbranched alkanes of at least 4 members (excludes halogenated alkanes) is 6. The van der Waals surface area contributed by atoms with Gasteiger partial charge in [0, 0.05) is 17.6 Å². The number of Topliss-reactive ketones (excluding diaryl/α,β-unsaturated/α-hetero) is 2. The predicted octanol–water partition coefficient (Wildman–Crippen LogP) is 13.5. The van der Waals surface area contributed by atoms with Gasteiger partial charge in [-0.25, -0.2) is 0 Å². The normalized spacial score (nSPS) is 21.5. The van der Waals surface area contributed by atoms with E-state index >= 15 is 0 Å². The number of ether oxygens (including phenoxy) is 1. The van der Waals surface area contributed by atoms with Gasteiger partial charge in [0.1, 0.15) is 11.7 Å². The number of hydrogen-bond donors (Lipinski definition) is 0. The van der Waals surface area contributed by atoms with Crippen LogP contribution < -0.4 is 0 Å². The van der Waals surface area contributed by atoms with Crippen LogP contribution >= 0.6 is 0 Å². The maximum atomic E-state index is 13.4. The van der Waals surface area contributed by atoms with Crippen LogP contribution in [0.2, 0.25) is 0 Å². The molecule has 0 fully saturated rings. The van der Waals surface area contributed by atoms with Gasteiger partial charge in [0.15, 0.2) is 11.6 Å². The summed E-state index contributed by atoms with van der Waals surface area (Å²) in [6.45, 7) is 18.9. The zero-order chi connectivity index (χ0) is 36.4. The first-order valence-electron chi connectivity index (χ1n) is 19.6. The number of allylic oxidation sites excluding steroid dienone is 10. The quantitative estimate of drug-likeness (QED) is 0.126. The van der Waals surface area contributed by atoms with Crippen LogP contribution in [0.25, 0.3) is 0 Å². The summed E-state index contributed by atoms with van der Waals surface area (Å²) >= 11 is 0. The molecule has 48 heavy (non-hydrogen) atoms. The van der Waals surface area contributed by atoms with E-state index in [9.17, 15) is 9.59 Å². The molecule has 4 heteroatoms. The third-order valence-corrected chi connectivity index (χ3v) is 7.89. The van der Waals surface area contributed by atoms with E-state index in [1.165, 1.54) is 64.2 Å². The Morgan fingerprint density at radius 3 is 2.00 bits per heavy atom. The molecular formula is C44H73NO3. The number of rotatable bonds is 11. The van der Waals surface area contributed by atoms with Crippen molar-refractivity contribution < 1.29 is 14.3 Å². The van der Waals surface area contributed by atoms with Crippen LogP contribution in [-0.2, 0) is 14.3 Å². The molecule has 0 N–H and O–H groups in total. The fraction of sp³-hybridized carbons (Fsp3) is 0.636. The van der Waals surface area contributed by atoms with Gasteiger partial charge in [-0.3, -0.25) is 14.6 Å². The summed E-state index contributed by atoms with van der Waals surface area (Å²) in [4.78, 5) is 31.3. The summed E-state index contributed by atoms with van der Waals surface area (Å²) in [5.74, 6) is -0.498. The predicted molar refractivity (Wildman–Crippen MR) is 212 cm³/mol. The standard InChI is InChI=1S/C28H33NO3.C8H18.C4H10.2C2H6/c1-3-13-23-24(19-18-21-14-9-5-4-6-10-15-21)28(31)26(27(23)30)25-17-12-8-7-11-16-22(32-2)20-29-25;1-3-5-7-8-6-4-2;1-3-4-2;2*1-2/h7-9,12,14,17,19-20,26H,3-6,10-11,13,15-16H2,1-2H3;3-8H2,1-2H3;3-4H2,1-2H3;2*1-2H3/b8-7+,14-9-,17-12-,22-20-,29-25+;;;;. The van der Waals surface area contributed by atoms with Gasteiger partial charge in [0.25, 0.3) is 0 Å². The molecule has 0 saturated heterocycles. The third kappa shape index (κ3) is 20.4. The smallest absolute Gasteiger partial charge is 0.180 e. The van der Waals surface area contributed by atoms with Crippen molar-refractivity contribution in [2.24, 2.45) is 10.9 Å². The molecular weight excluding hydrogens is 590 g/mol. The van der Waals surface area contributed by atoms with Gasteiger partial charge >= 0.3 is 0 Å². The van der Waals surface area contributed by atoms with Crippen molar-refractivity contribution in [3.63, 3.8) is 0 Å². The van der Waals surface area contributed by atoms with Crippen molar-refractivity contribution in [3.05, 3.63) is 76.9 Å². The Morgan fingerprint density at radius 2 is 1.42 bits per heavy atom. The molecule has 3 rings (SSSR count). The molecule has 1 aliphatic heterocycles. The Hall–Kier alpha value is -2.97. The number of ketones is 2. The van der Waals surface area contributed by atoms with E-state index < -0.39 is 5.92 Å².